The Morgan fingerprint density at radius 3 is 2.72 bits per heavy atom. The van der Waals surface area contributed by atoms with Gasteiger partial charge in [0.25, 0.3) is 0 Å². The molecule has 4 heteroatoms. The predicted octanol–water partition coefficient (Wildman–Crippen LogP) is 5.64. The number of hydrogen-bond acceptors (Lipinski definition) is 2. The molecule has 2 unspecified atom stereocenters. The molecule has 1 N–H and O–H groups in total. The van der Waals surface area contributed by atoms with Crippen LogP contribution < -0.4 is 5.32 Å². The van der Waals surface area contributed by atoms with Gasteiger partial charge in [-0.3, -0.25) is 0 Å². The monoisotopic (exact) mass is 349 g/mol. The van der Waals surface area contributed by atoms with Crippen molar-refractivity contribution in [1.29, 1.82) is 0 Å². The Bertz CT molecular complexity index is 396. The molecule has 0 saturated heterocycles. The number of rotatable bonds is 3. The summed E-state index contributed by atoms with van der Waals surface area (Å²) >= 11 is 11.5. The molecule has 102 valence electrons. The van der Waals surface area contributed by atoms with Gasteiger partial charge in [0, 0.05) is 10.9 Å². The quantitative estimate of drug-likeness (QED) is 0.743. The summed E-state index contributed by atoms with van der Waals surface area (Å²) in [7, 11) is 2.07. The molecule has 1 saturated carbocycles. The van der Waals surface area contributed by atoms with E-state index in [1.165, 1.54) is 30.6 Å². The van der Waals surface area contributed by atoms with Gasteiger partial charge in [0.15, 0.2) is 0 Å². The third kappa shape index (κ3) is 2.95. The van der Waals surface area contributed by atoms with Crippen LogP contribution in [0, 0.1) is 11.3 Å². The van der Waals surface area contributed by atoms with E-state index in [9.17, 15) is 0 Å². The summed E-state index contributed by atoms with van der Waals surface area (Å²) in [4.78, 5) is 1.36. The van der Waals surface area contributed by atoms with Crippen LogP contribution in [-0.4, -0.2) is 7.05 Å². The minimum atomic E-state index is 0.412. The van der Waals surface area contributed by atoms with Gasteiger partial charge in [-0.15, -0.1) is 11.3 Å². The second-order valence-corrected chi connectivity index (χ2v) is 8.69. The molecular formula is C14H21BrClNS. The Morgan fingerprint density at radius 2 is 2.22 bits per heavy atom. The minimum absolute atomic E-state index is 0.412. The lowest BCUT2D eigenvalue weighted by Gasteiger charge is -2.43. The topological polar surface area (TPSA) is 12.0 Å². The van der Waals surface area contributed by atoms with Crippen LogP contribution in [0.2, 0.25) is 5.02 Å². The number of hydrogen-bond donors (Lipinski definition) is 1. The molecule has 0 aromatic carbocycles. The van der Waals surface area contributed by atoms with Crippen molar-refractivity contribution >= 4 is 38.9 Å². The molecule has 1 fully saturated rings. The maximum atomic E-state index is 6.18. The summed E-state index contributed by atoms with van der Waals surface area (Å²) in [6, 6.07) is 2.54. The van der Waals surface area contributed by atoms with Gasteiger partial charge in [0.05, 0.1) is 8.81 Å². The van der Waals surface area contributed by atoms with Gasteiger partial charge in [-0.05, 0) is 53.2 Å². The average molecular weight is 351 g/mol. The Hall–Kier alpha value is 0.430. The summed E-state index contributed by atoms with van der Waals surface area (Å²) < 4.78 is 1.05. The number of thiophene rings is 1. The molecule has 1 aromatic rings. The lowest BCUT2D eigenvalue weighted by molar-refractivity contribution is 0.102. The van der Waals surface area contributed by atoms with Gasteiger partial charge in [0.2, 0.25) is 0 Å². The van der Waals surface area contributed by atoms with Crippen LogP contribution in [0.3, 0.4) is 0 Å². The van der Waals surface area contributed by atoms with Crippen LogP contribution in [0.4, 0.5) is 0 Å². The number of nitrogens with one attached hydrogen (secondary N) is 1. The molecule has 1 heterocycles. The highest BCUT2D eigenvalue weighted by molar-refractivity contribution is 9.11. The van der Waals surface area contributed by atoms with Gasteiger partial charge < -0.3 is 5.32 Å². The largest absolute Gasteiger partial charge is 0.312 e. The summed E-state index contributed by atoms with van der Waals surface area (Å²) in [5.41, 5.74) is 0.412. The van der Waals surface area contributed by atoms with E-state index in [0.717, 1.165) is 8.81 Å². The van der Waals surface area contributed by atoms with Crippen LogP contribution in [-0.2, 0) is 0 Å². The standard InChI is InChI=1S/C14H21BrClNS/c1-14(2)7-5-4-6-9(14)12(17-3)11-8-10(16)13(15)18-11/h8-9,12,17H,4-7H2,1-3H3. The lowest BCUT2D eigenvalue weighted by Crippen LogP contribution is -2.37. The van der Waals surface area contributed by atoms with Crippen LogP contribution in [0.1, 0.15) is 50.4 Å². The second-order valence-electron chi connectivity index (χ2n) is 5.88. The highest BCUT2D eigenvalue weighted by Crippen LogP contribution is 2.48. The molecular weight excluding hydrogens is 330 g/mol. The average Bonchev–Trinajstić information content (AvgIpc) is 2.62. The first-order chi connectivity index (χ1) is 8.45. The van der Waals surface area contributed by atoms with E-state index < -0.39 is 0 Å². The van der Waals surface area contributed by atoms with E-state index in [1.807, 2.05) is 0 Å². The van der Waals surface area contributed by atoms with Crippen LogP contribution in [0.15, 0.2) is 9.85 Å². The van der Waals surface area contributed by atoms with Gasteiger partial charge in [-0.25, -0.2) is 0 Å². The van der Waals surface area contributed by atoms with Crippen molar-refractivity contribution in [3.63, 3.8) is 0 Å². The predicted molar refractivity (Wildman–Crippen MR) is 84.6 cm³/mol. The van der Waals surface area contributed by atoms with E-state index in [-0.39, 0.29) is 0 Å². The maximum Gasteiger partial charge on any atom is 0.0887 e. The van der Waals surface area contributed by atoms with Gasteiger partial charge in [-0.1, -0.05) is 38.3 Å². The van der Waals surface area contributed by atoms with Crippen molar-refractivity contribution in [3.8, 4) is 0 Å². The third-order valence-corrected chi connectivity index (χ3v) is 6.83. The summed E-state index contributed by atoms with van der Waals surface area (Å²) in [5.74, 6) is 0.692. The van der Waals surface area contributed by atoms with E-state index in [1.54, 1.807) is 11.3 Å². The van der Waals surface area contributed by atoms with Crippen molar-refractivity contribution < 1.29 is 0 Å². The first kappa shape index (κ1) is 14.8. The molecule has 0 amide bonds. The van der Waals surface area contributed by atoms with Crippen molar-refractivity contribution in [2.45, 2.75) is 45.6 Å². The fraction of sp³-hybridized carbons (Fsp3) is 0.714. The molecule has 1 aliphatic carbocycles. The van der Waals surface area contributed by atoms with Crippen molar-refractivity contribution in [2.24, 2.45) is 11.3 Å². The first-order valence-corrected chi connectivity index (χ1v) is 8.56. The zero-order chi connectivity index (χ0) is 13.3. The Labute approximate surface area is 127 Å². The Balaban J connectivity index is 2.27. The molecule has 2 atom stereocenters. The smallest absolute Gasteiger partial charge is 0.0887 e. The fourth-order valence-corrected chi connectivity index (χ4v) is 5.12. The van der Waals surface area contributed by atoms with Crippen LogP contribution >= 0.6 is 38.9 Å². The Morgan fingerprint density at radius 1 is 1.50 bits per heavy atom. The van der Waals surface area contributed by atoms with Crippen LogP contribution in [0.5, 0.6) is 0 Å². The number of halogens is 2. The molecule has 1 aromatic heterocycles. The van der Waals surface area contributed by atoms with Crippen molar-refractivity contribution in [2.75, 3.05) is 7.05 Å². The SMILES string of the molecule is CNC(c1cc(Cl)c(Br)s1)C1CCCCC1(C)C. The highest BCUT2D eigenvalue weighted by atomic mass is 79.9. The Kier molecular flexibility index (Phi) is 4.80. The van der Waals surface area contributed by atoms with Gasteiger partial charge in [0.1, 0.15) is 0 Å². The van der Waals surface area contributed by atoms with E-state index in [4.69, 9.17) is 11.6 Å². The fourth-order valence-electron chi connectivity index (χ4n) is 3.20. The third-order valence-electron chi connectivity index (χ3n) is 4.27. The van der Waals surface area contributed by atoms with Crippen LogP contribution in [0.25, 0.3) is 0 Å². The zero-order valence-electron chi connectivity index (χ0n) is 11.2. The van der Waals surface area contributed by atoms with Gasteiger partial charge in [-0.2, -0.15) is 0 Å². The van der Waals surface area contributed by atoms with Crippen molar-refractivity contribution in [1.82, 2.24) is 5.32 Å². The molecule has 1 aliphatic rings. The molecule has 0 bridgehead atoms. The van der Waals surface area contributed by atoms with Gasteiger partial charge >= 0.3 is 0 Å². The zero-order valence-corrected chi connectivity index (χ0v) is 14.4. The summed E-state index contributed by atoms with van der Waals surface area (Å²) in [6.45, 7) is 4.82. The van der Waals surface area contributed by atoms with E-state index in [2.05, 4.69) is 48.2 Å². The summed E-state index contributed by atoms with van der Waals surface area (Å²) in [5, 5.41) is 4.35. The second kappa shape index (κ2) is 5.82. The lowest BCUT2D eigenvalue weighted by atomic mass is 9.65. The molecule has 0 radical (unpaired) electrons. The van der Waals surface area contributed by atoms with E-state index >= 15 is 0 Å². The minimum Gasteiger partial charge on any atom is -0.312 e. The summed E-state index contributed by atoms with van der Waals surface area (Å²) in [6.07, 6.45) is 5.36. The van der Waals surface area contributed by atoms with E-state index in [0.29, 0.717) is 17.4 Å². The molecule has 0 aliphatic heterocycles. The normalized spacial score (nSPS) is 25.1. The van der Waals surface area contributed by atoms with Crippen molar-refractivity contribution in [3.05, 3.63) is 19.8 Å². The maximum absolute atomic E-state index is 6.18. The first-order valence-electron chi connectivity index (χ1n) is 6.57. The highest BCUT2D eigenvalue weighted by Gasteiger charge is 2.38. The molecule has 1 nitrogen and oxygen atoms in total. The molecule has 2 rings (SSSR count). The molecule has 18 heavy (non-hydrogen) atoms. The molecule has 0 spiro atoms.